The van der Waals surface area contributed by atoms with E-state index in [2.05, 4.69) is 15.0 Å². The minimum atomic E-state index is -1.25. The maximum absolute atomic E-state index is 10.5. The second-order valence-electron chi connectivity index (χ2n) is 3.14. The number of anilines is 2. The van der Waals surface area contributed by atoms with Gasteiger partial charge in [0.1, 0.15) is 0 Å². The number of rotatable bonds is 2. The summed E-state index contributed by atoms with van der Waals surface area (Å²) in [4.78, 5) is 22.0. The third kappa shape index (κ3) is 2.65. The van der Waals surface area contributed by atoms with Crippen molar-refractivity contribution < 1.29 is 9.90 Å². The number of amides is 1. The topological polar surface area (TPSA) is 114 Å². The monoisotopic (exact) mass is 231 g/mol. The van der Waals surface area contributed by atoms with Gasteiger partial charge >= 0.3 is 6.09 Å². The van der Waals surface area contributed by atoms with Crippen molar-refractivity contribution in [2.75, 3.05) is 11.1 Å². The molecule has 0 saturated heterocycles. The molecule has 86 valence electrons. The molecule has 0 spiro atoms. The summed E-state index contributed by atoms with van der Waals surface area (Å²) >= 11 is 0. The van der Waals surface area contributed by atoms with Gasteiger partial charge in [-0.3, -0.25) is 5.32 Å². The van der Waals surface area contributed by atoms with Gasteiger partial charge in [-0.2, -0.15) is 15.0 Å². The Morgan fingerprint density at radius 3 is 2.53 bits per heavy atom. The zero-order chi connectivity index (χ0) is 12.3. The first-order valence-corrected chi connectivity index (χ1v) is 4.72. The molecule has 1 aromatic heterocycles. The van der Waals surface area contributed by atoms with E-state index in [1.165, 1.54) is 0 Å². The number of carboxylic acid groups (broad SMARTS) is 1. The summed E-state index contributed by atoms with van der Waals surface area (Å²) in [7, 11) is 0. The SMILES string of the molecule is Nc1nc(NC(=O)O)nc(-c2ccccc2)n1. The van der Waals surface area contributed by atoms with Crippen LogP contribution in [0.5, 0.6) is 0 Å². The lowest BCUT2D eigenvalue weighted by atomic mass is 10.2. The maximum atomic E-state index is 10.5. The number of nitrogens with zero attached hydrogens (tertiary/aromatic N) is 3. The zero-order valence-corrected chi connectivity index (χ0v) is 8.66. The minimum absolute atomic E-state index is 0.0393. The number of carbonyl (C=O) groups is 1. The lowest BCUT2D eigenvalue weighted by Gasteiger charge is -2.03. The average molecular weight is 231 g/mol. The van der Waals surface area contributed by atoms with Crippen LogP contribution < -0.4 is 11.1 Å². The number of aromatic nitrogens is 3. The minimum Gasteiger partial charge on any atom is -0.465 e. The van der Waals surface area contributed by atoms with E-state index in [4.69, 9.17) is 10.8 Å². The van der Waals surface area contributed by atoms with Crippen molar-refractivity contribution in [2.45, 2.75) is 0 Å². The Kier molecular flexibility index (Phi) is 2.82. The number of nitrogen functional groups attached to an aromatic ring is 1. The second kappa shape index (κ2) is 4.44. The molecule has 0 bridgehead atoms. The summed E-state index contributed by atoms with van der Waals surface area (Å²) in [6, 6.07) is 9.07. The molecule has 2 aromatic rings. The Morgan fingerprint density at radius 2 is 1.88 bits per heavy atom. The standard InChI is InChI=1S/C10H9N5O2/c11-8-12-7(6-4-2-1-3-5-6)13-9(14-8)15-10(16)17/h1-5H,(H,16,17)(H3,11,12,13,14,15). The molecular weight excluding hydrogens is 222 g/mol. The van der Waals surface area contributed by atoms with Gasteiger partial charge in [0.05, 0.1) is 0 Å². The van der Waals surface area contributed by atoms with Crippen LogP contribution in [0.3, 0.4) is 0 Å². The van der Waals surface area contributed by atoms with Crippen LogP contribution in [0, 0.1) is 0 Å². The second-order valence-corrected chi connectivity index (χ2v) is 3.14. The van der Waals surface area contributed by atoms with Crippen LogP contribution >= 0.6 is 0 Å². The molecule has 0 unspecified atom stereocenters. The van der Waals surface area contributed by atoms with Crippen molar-refractivity contribution in [1.82, 2.24) is 15.0 Å². The van der Waals surface area contributed by atoms with Gasteiger partial charge in [0.25, 0.3) is 0 Å². The highest BCUT2D eigenvalue weighted by molar-refractivity contribution is 5.80. The van der Waals surface area contributed by atoms with Gasteiger partial charge in [-0.05, 0) is 0 Å². The fourth-order valence-corrected chi connectivity index (χ4v) is 1.26. The molecule has 1 aromatic carbocycles. The van der Waals surface area contributed by atoms with E-state index in [0.29, 0.717) is 5.82 Å². The summed E-state index contributed by atoms with van der Waals surface area (Å²) < 4.78 is 0. The molecule has 0 saturated carbocycles. The van der Waals surface area contributed by atoms with Crippen molar-refractivity contribution in [3.05, 3.63) is 30.3 Å². The van der Waals surface area contributed by atoms with Gasteiger partial charge in [0, 0.05) is 5.56 Å². The smallest absolute Gasteiger partial charge is 0.411 e. The van der Waals surface area contributed by atoms with Gasteiger partial charge in [0.2, 0.25) is 11.9 Å². The molecule has 7 nitrogen and oxygen atoms in total. The molecule has 1 amide bonds. The predicted molar refractivity (Wildman–Crippen MR) is 61.3 cm³/mol. The fraction of sp³-hybridized carbons (Fsp3) is 0. The number of nitrogens with one attached hydrogen (secondary N) is 1. The Labute approximate surface area is 96.4 Å². The summed E-state index contributed by atoms with van der Waals surface area (Å²) in [6.45, 7) is 0. The van der Waals surface area contributed by atoms with E-state index in [-0.39, 0.29) is 11.9 Å². The maximum Gasteiger partial charge on any atom is 0.411 e. The van der Waals surface area contributed by atoms with Crippen molar-refractivity contribution >= 4 is 18.0 Å². The summed E-state index contributed by atoms with van der Waals surface area (Å²) in [5.74, 6) is 0.188. The van der Waals surface area contributed by atoms with Crippen LogP contribution in [0.4, 0.5) is 16.7 Å². The Balaban J connectivity index is 2.42. The van der Waals surface area contributed by atoms with E-state index in [1.807, 2.05) is 23.5 Å². The fourth-order valence-electron chi connectivity index (χ4n) is 1.26. The molecule has 4 N–H and O–H groups in total. The normalized spacial score (nSPS) is 9.88. The largest absolute Gasteiger partial charge is 0.465 e. The summed E-state index contributed by atoms with van der Waals surface area (Å²) in [5, 5.41) is 10.6. The molecule has 0 atom stereocenters. The van der Waals surface area contributed by atoms with Crippen LogP contribution in [0.15, 0.2) is 30.3 Å². The van der Waals surface area contributed by atoms with E-state index in [0.717, 1.165) is 5.56 Å². The molecule has 0 radical (unpaired) electrons. The molecule has 17 heavy (non-hydrogen) atoms. The van der Waals surface area contributed by atoms with Crippen LogP contribution in [-0.2, 0) is 0 Å². The summed E-state index contributed by atoms with van der Waals surface area (Å²) in [6.07, 6.45) is -1.25. The van der Waals surface area contributed by atoms with Crippen molar-refractivity contribution in [1.29, 1.82) is 0 Å². The molecule has 7 heteroatoms. The Hall–Kier alpha value is -2.70. The number of nitrogens with two attached hydrogens (primary N) is 1. The van der Waals surface area contributed by atoms with Crippen LogP contribution in [0.2, 0.25) is 0 Å². The highest BCUT2D eigenvalue weighted by atomic mass is 16.4. The van der Waals surface area contributed by atoms with E-state index < -0.39 is 6.09 Å². The zero-order valence-electron chi connectivity index (χ0n) is 8.66. The third-order valence-electron chi connectivity index (χ3n) is 1.90. The van der Waals surface area contributed by atoms with Crippen LogP contribution in [0.25, 0.3) is 11.4 Å². The third-order valence-corrected chi connectivity index (χ3v) is 1.90. The van der Waals surface area contributed by atoms with Crippen molar-refractivity contribution in [2.24, 2.45) is 0 Å². The first-order valence-electron chi connectivity index (χ1n) is 4.72. The molecule has 0 aliphatic heterocycles. The first-order chi connectivity index (χ1) is 8.15. The average Bonchev–Trinajstić information content (AvgIpc) is 2.28. The molecular formula is C10H9N5O2. The van der Waals surface area contributed by atoms with Crippen molar-refractivity contribution in [3.63, 3.8) is 0 Å². The molecule has 0 aliphatic carbocycles. The van der Waals surface area contributed by atoms with Gasteiger partial charge < -0.3 is 10.8 Å². The number of benzene rings is 1. The van der Waals surface area contributed by atoms with Gasteiger partial charge in [-0.25, -0.2) is 4.79 Å². The Morgan fingerprint density at radius 1 is 1.18 bits per heavy atom. The van der Waals surface area contributed by atoms with E-state index in [1.54, 1.807) is 12.1 Å². The van der Waals surface area contributed by atoms with Gasteiger partial charge in [-0.1, -0.05) is 30.3 Å². The Bertz CT molecular complexity index is 544. The van der Waals surface area contributed by atoms with Gasteiger partial charge in [-0.15, -0.1) is 0 Å². The molecule has 0 fully saturated rings. The van der Waals surface area contributed by atoms with E-state index in [9.17, 15) is 4.79 Å². The number of hydrogen-bond acceptors (Lipinski definition) is 5. The predicted octanol–water partition coefficient (Wildman–Crippen LogP) is 1.21. The lowest BCUT2D eigenvalue weighted by Crippen LogP contribution is -2.12. The lowest BCUT2D eigenvalue weighted by molar-refractivity contribution is 0.209. The highest BCUT2D eigenvalue weighted by Gasteiger charge is 2.08. The quantitative estimate of drug-likeness (QED) is 0.715. The molecule has 0 aliphatic rings. The van der Waals surface area contributed by atoms with Crippen LogP contribution in [-0.4, -0.2) is 26.2 Å². The molecule has 2 rings (SSSR count). The number of hydrogen-bond donors (Lipinski definition) is 3. The first kappa shape index (κ1) is 10.8. The van der Waals surface area contributed by atoms with E-state index >= 15 is 0 Å². The molecule has 1 heterocycles. The van der Waals surface area contributed by atoms with Gasteiger partial charge in [0.15, 0.2) is 5.82 Å². The van der Waals surface area contributed by atoms with Crippen molar-refractivity contribution in [3.8, 4) is 11.4 Å². The highest BCUT2D eigenvalue weighted by Crippen LogP contribution is 2.16. The summed E-state index contributed by atoms with van der Waals surface area (Å²) in [5.41, 5.74) is 6.21. The van der Waals surface area contributed by atoms with Crippen LogP contribution in [0.1, 0.15) is 0 Å².